The molecule has 1 aliphatic rings. The Labute approximate surface area is 151 Å². The van der Waals surface area contributed by atoms with E-state index in [4.69, 9.17) is 11.7 Å². The molecule has 0 spiro atoms. The Kier molecular flexibility index (Phi) is 4.71. The molecule has 0 heterocycles. The fourth-order valence-corrected chi connectivity index (χ4v) is 3.14. The van der Waals surface area contributed by atoms with Gasteiger partial charge in [0.25, 0.3) is 0 Å². The first-order valence-electron chi connectivity index (χ1n) is 8.13. The molecule has 2 aromatic carbocycles. The molecule has 2 aromatic rings. The fraction of sp³-hybridized carbons (Fsp3) is 0.100. The molecular weight excluding hydrogens is 328 g/mol. The molecule has 3 rings (SSSR count). The number of nitrogens with two attached hydrogens (primary N) is 2. The van der Waals surface area contributed by atoms with E-state index in [0.717, 1.165) is 0 Å². The number of fused-ring (bicyclic) bond motifs is 2. The Bertz CT molecular complexity index is 846. The smallest absolute Gasteiger partial charge is 0.196 e. The number of nitrogens with zero attached hydrogens (tertiary/aromatic N) is 2. The molecular formula is C20H20N4O2. The first-order chi connectivity index (χ1) is 12.5. The van der Waals surface area contributed by atoms with Crippen molar-refractivity contribution in [2.75, 3.05) is 23.1 Å². The van der Waals surface area contributed by atoms with E-state index in [1.54, 1.807) is 48.6 Å². The molecule has 6 heteroatoms. The Morgan fingerprint density at radius 3 is 1.50 bits per heavy atom. The van der Waals surface area contributed by atoms with Crippen molar-refractivity contribution in [1.82, 2.24) is 0 Å². The van der Waals surface area contributed by atoms with Crippen molar-refractivity contribution < 1.29 is 9.59 Å². The molecule has 0 atom stereocenters. The van der Waals surface area contributed by atoms with Crippen molar-refractivity contribution in [2.45, 2.75) is 0 Å². The molecule has 0 aromatic heterocycles. The molecule has 0 aliphatic heterocycles. The van der Waals surface area contributed by atoms with Gasteiger partial charge in [0.1, 0.15) is 0 Å². The van der Waals surface area contributed by atoms with E-state index in [1.165, 1.54) is 10.0 Å². The van der Waals surface area contributed by atoms with Crippen LogP contribution < -0.4 is 21.7 Å². The highest BCUT2D eigenvalue weighted by Crippen LogP contribution is 2.38. The normalized spacial score (nSPS) is 12.2. The zero-order valence-corrected chi connectivity index (χ0v) is 14.3. The summed E-state index contributed by atoms with van der Waals surface area (Å²) in [6.45, 7) is 7.99. The Hall–Kier alpha value is -3.22. The van der Waals surface area contributed by atoms with Crippen LogP contribution in [0.3, 0.4) is 0 Å². The fourth-order valence-electron chi connectivity index (χ4n) is 3.14. The second-order valence-electron chi connectivity index (χ2n) is 5.94. The highest BCUT2D eigenvalue weighted by Gasteiger charge is 2.35. The number of benzene rings is 2. The van der Waals surface area contributed by atoms with Crippen molar-refractivity contribution in [3.63, 3.8) is 0 Å². The lowest BCUT2D eigenvalue weighted by Crippen LogP contribution is -2.37. The van der Waals surface area contributed by atoms with Gasteiger partial charge >= 0.3 is 0 Å². The highest BCUT2D eigenvalue weighted by molar-refractivity contribution is 6.32. The summed E-state index contributed by atoms with van der Waals surface area (Å²) in [7, 11) is 0. The van der Waals surface area contributed by atoms with Crippen LogP contribution in [-0.4, -0.2) is 24.7 Å². The van der Waals surface area contributed by atoms with Gasteiger partial charge in [-0.2, -0.15) is 0 Å². The van der Waals surface area contributed by atoms with Crippen LogP contribution in [0.4, 0.5) is 11.4 Å². The number of ketones is 2. The molecule has 132 valence electrons. The van der Waals surface area contributed by atoms with Crippen LogP contribution in [0.1, 0.15) is 31.8 Å². The van der Waals surface area contributed by atoms with E-state index in [2.05, 4.69) is 13.2 Å². The van der Waals surface area contributed by atoms with E-state index < -0.39 is 0 Å². The standard InChI is InChI=1S/C20H20N4O2/c1-3-11-23(21)15-9-10-16(24(22)12-4-2)18-17(15)19(25)13-7-5-6-8-14(13)20(18)26/h3-10H,1-2,11-12,21-22H2. The number of hydrogen-bond donors (Lipinski definition) is 2. The van der Waals surface area contributed by atoms with Gasteiger partial charge in [-0.3, -0.25) is 9.59 Å². The van der Waals surface area contributed by atoms with Crippen LogP contribution in [0.25, 0.3) is 0 Å². The van der Waals surface area contributed by atoms with Gasteiger partial charge in [0.05, 0.1) is 35.6 Å². The van der Waals surface area contributed by atoms with Crippen LogP contribution in [-0.2, 0) is 0 Å². The number of rotatable bonds is 6. The summed E-state index contributed by atoms with van der Waals surface area (Å²) >= 11 is 0. The highest BCUT2D eigenvalue weighted by atomic mass is 16.1. The van der Waals surface area contributed by atoms with Gasteiger partial charge in [0, 0.05) is 11.1 Å². The van der Waals surface area contributed by atoms with Crippen molar-refractivity contribution >= 4 is 22.9 Å². The maximum absolute atomic E-state index is 13.2. The van der Waals surface area contributed by atoms with E-state index in [0.29, 0.717) is 35.6 Å². The summed E-state index contributed by atoms with van der Waals surface area (Å²) in [5, 5.41) is 2.78. The molecule has 0 radical (unpaired) electrons. The molecule has 26 heavy (non-hydrogen) atoms. The zero-order valence-electron chi connectivity index (χ0n) is 14.3. The topological polar surface area (TPSA) is 92.7 Å². The van der Waals surface area contributed by atoms with E-state index >= 15 is 0 Å². The largest absolute Gasteiger partial charge is 0.306 e. The number of anilines is 2. The van der Waals surface area contributed by atoms with Crippen LogP contribution >= 0.6 is 0 Å². The molecule has 0 saturated carbocycles. The van der Waals surface area contributed by atoms with Crippen molar-refractivity contribution in [1.29, 1.82) is 0 Å². The first-order valence-corrected chi connectivity index (χ1v) is 8.13. The summed E-state index contributed by atoms with van der Waals surface area (Å²) in [5.74, 6) is 11.7. The van der Waals surface area contributed by atoms with Gasteiger partial charge in [0.2, 0.25) is 0 Å². The molecule has 0 bridgehead atoms. The summed E-state index contributed by atoms with van der Waals surface area (Å²) in [5.41, 5.74) is 2.17. The molecule has 1 aliphatic carbocycles. The molecule has 0 amide bonds. The van der Waals surface area contributed by atoms with E-state index in [-0.39, 0.29) is 22.7 Å². The van der Waals surface area contributed by atoms with Gasteiger partial charge in [-0.1, -0.05) is 36.4 Å². The van der Waals surface area contributed by atoms with Crippen LogP contribution in [0, 0.1) is 0 Å². The summed E-state index contributed by atoms with van der Waals surface area (Å²) < 4.78 is 0. The minimum absolute atomic E-state index is 0.251. The number of carbonyl (C=O) groups is 2. The van der Waals surface area contributed by atoms with Crippen LogP contribution in [0.15, 0.2) is 61.7 Å². The minimum Gasteiger partial charge on any atom is -0.306 e. The third kappa shape index (κ3) is 2.71. The third-order valence-corrected chi connectivity index (χ3v) is 4.30. The number of hydrazine groups is 2. The monoisotopic (exact) mass is 348 g/mol. The van der Waals surface area contributed by atoms with Crippen LogP contribution in [0.5, 0.6) is 0 Å². The van der Waals surface area contributed by atoms with E-state index in [9.17, 15) is 9.59 Å². The maximum atomic E-state index is 13.2. The third-order valence-electron chi connectivity index (χ3n) is 4.30. The molecule has 0 unspecified atom stereocenters. The lowest BCUT2D eigenvalue weighted by Gasteiger charge is -2.29. The second-order valence-corrected chi connectivity index (χ2v) is 5.94. The minimum atomic E-state index is -0.251. The second kappa shape index (κ2) is 6.95. The van der Waals surface area contributed by atoms with Crippen molar-refractivity contribution in [2.24, 2.45) is 11.7 Å². The number of hydrogen-bond acceptors (Lipinski definition) is 6. The Morgan fingerprint density at radius 2 is 1.15 bits per heavy atom. The molecule has 0 saturated heterocycles. The SMILES string of the molecule is C=CCN(N)c1ccc(N(N)CC=C)c2c1C(=O)c1ccccc1C2=O. The Morgan fingerprint density at radius 1 is 0.769 bits per heavy atom. The predicted octanol–water partition coefficient (Wildman–Crippen LogP) is 2.19. The maximum Gasteiger partial charge on any atom is 0.196 e. The lowest BCUT2D eigenvalue weighted by atomic mass is 9.82. The average molecular weight is 348 g/mol. The van der Waals surface area contributed by atoms with Crippen molar-refractivity contribution in [3.8, 4) is 0 Å². The van der Waals surface area contributed by atoms with Gasteiger partial charge < -0.3 is 10.0 Å². The Balaban J connectivity index is 2.30. The quantitative estimate of drug-likeness (QED) is 0.403. The molecule has 4 N–H and O–H groups in total. The number of carbonyl (C=O) groups excluding carboxylic acids is 2. The summed E-state index contributed by atoms with van der Waals surface area (Å²) in [6, 6.07) is 10.1. The summed E-state index contributed by atoms with van der Waals surface area (Å²) in [4.78, 5) is 26.4. The lowest BCUT2D eigenvalue weighted by molar-refractivity contribution is 0.0980. The predicted molar refractivity (Wildman–Crippen MR) is 103 cm³/mol. The van der Waals surface area contributed by atoms with Gasteiger partial charge in [-0.25, -0.2) is 11.7 Å². The average Bonchev–Trinajstić information content (AvgIpc) is 2.65. The molecule has 0 fully saturated rings. The first kappa shape index (κ1) is 17.6. The van der Waals surface area contributed by atoms with Gasteiger partial charge in [0.15, 0.2) is 11.6 Å². The summed E-state index contributed by atoms with van der Waals surface area (Å²) in [6.07, 6.45) is 3.24. The zero-order chi connectivity index (χ0) is 18.8. The van der Waals surface area contributed by atoms with Crippen molar-refractivity contribution in [3.05, 3.63) is 84.0 Å². The van der Waals surface area contributed by atoms with Crippen LogP contribution in [0.2, 0.25) is 0 Å². The van der Waals surface area contributed by atoms with Gasteiger partial charge in [-0.05, 0) is 12.1 Å². The van der Waals surface area contributed by atoms with E-state index in [1.807, 2.05) is 0 Å². The van der Waals surface area contributed by atoms with Gasteiger partial charge in [-0.15, -0.1) is 13.2 Å². The molecule has 6 nitrogen and oxygen atoms in total.